The molecule has 0 radical (unpaired) electrons. The fourth-order valence-electron chi connectivity index (χ4n) is 4.62. The lowest BCUT2D eigenvalue weighted by molar-refractivity contribution is -0.123. The Morgan fingerprint density at radius 1 is 1.00 bits per heavy atom. The average Bonchev–Trinajstić information content (AvgIpc) is 3.22. The van der Waals surface area contributed by atoms with E-state index in [4.69, 9.17) is 0 Å². The lowest BCUT2D eigenvalue weighted by Crippen LogP contribution is -2.51. The van der Waals surface area contributed by atoms with Crippen molar-refractivity contribution in [1.82, 2.24) is 4.90 Å². The van der Waals surface area contributed by atoms with Gasteiger partial charge in [0.15, 0.2) is 4.87 Å². The number of benzene rings is 3. The first kappa shape index (κ1) is 21.5. The van der Waals surface area contributed by atoms with E-state index in [0.29, 0.717) is 13.1 Å². The van der Waals surface area contributed by atoms with E-state index in [1.807, 2.05) is 68.4 Å². The van der Waals surface area contributed by atoms with Crippen LogP contribution in [-0.4, -0.2) is 28.1 Å². The predicted octanol–water partition coefficient (Wildman–Crippen LogP) is 5.58. The first-order valence-electron chi connectivity index (χ1n) is 10.8. The molecule has 0 aliphatic carbocycles. The second-order valence-electron chi connectivity index (χ2n) is 8.90. The Kier molecular flexibility index (Phi) is 5.16. The molecule has 7 heteroatoms. The molecule has 2 aliphatic heterocycles. The third-order valence-corrected chi connectivity index (χ3v) is 7.57. The summed E-state index contributed by atoms with van der Waals surface area (Å²) in [4.78, 5) is 29.7. The zero-order valence-electron chi connectivity index (χ0n) is 18.4. The Bertz CT molecular complexity index is 1230. The van der Waals surface area contributed by atoms with Crippen LogP contribution in [0.3, 0.4) is 0 Å². The van der Waals surface area contributed by atoms with Crippen LogP contribution < -0.4 is 10.2 Å². The van der Waals surface area contributed by atoms with Crippen molar-refractivity contribution in [3.63, 3.8) is 0 Å². The number of thioether (sulfide) groups is 1. The van der Waals surface area contributed by atoms with Gasteiger partial charge in [-0.05, 0) is 37.6 Å². The summed E-state index contributed by atoms with van der Waals surface area (Å²) in [5.74, 6) is -0.679. The Hall–Kier alpha value is -3.32. The smallest absolute Gasteiger partial charge is 0.305 e. The summed E-state index contributed by atoms with van der Waals surface area (Å²) in [7, 11) is 0. The molecule has 5 rings (SSSR count). The number of nitrogens with zero attached hydrogens (tertiary/aromatic N) is 2. The highest BCUT2D eigenvalue weighted by atomic mass is 32.2. The van der Waals surface area contributed by atoms with Gasteiger partial charge < -0.3 is 10.2 Å². The summed E-state index contributed by atoms with van der Waals surface area (Å²) >= 11 is 1.47. The molecular formula is C26H24FN3O2S. The van der Waals surface area contributed by atoms with Gasteiger partial charge in [0, 0.05) is 16.9 Å². The molecule has 1 atom stereocenters. The largest absolute Gasteiger partial charge is 0.323 e. The number of para-hydroxylation sites is 2. The van der Waals surface area contributed by atoms with Gasteiger partial charge in [-0.2, -0.15) is 0 Å². The van der Waals surface area contributed by atoms with Gasteiger partial charge in [-0.3, -0.25) is 9.69 Å². The molecule has 1 N–H and O–H groups in total. The molecule has 2 heterocycles. The number of hydrogen-bond acceptors (Lipinski definition) is 3. The normalized spacial score (nSPS) is 20.9. The molecule has 0 bridgehead atoms. The maximum Gasteiger partial charge on any atom is 0.323 e. The number of amides is 3. The number of carbonyl (C=O) groups is 2. The minimum atomic E-state index is -1.22. The van der Waals surface area contributed by atoms with Crippen LogP contribution in [0.1, 0.15) is 25.0 Å². The summed E-state index contributed by atoms with van der Waals surface area (Å²) in [6.07, 6.45) is 0. The lowest BCUT2D eigenvalue weighted by atomic mass is 10.1. The van der Waals surface area contributed by atoms with Crippen molar-refractivity contribution >= 4 is 35.1 Å². The van der Waals surface area contributed by atoms with Crippen LogP contribution >= 0.6 is 11.8 Å². The summed E-state index contributed by atoms with van der Waals surface area (Å²) in [6, 6.07) is 23.0. The summed E-state index contributed by atoms with van der Waals surface area (Å²) in [5, 5.41) is 2.68. The molecule has 3 amide bonds. The van der Waals surface area contributed by atoms with Crippen molar-refractivity contribution < 1.29 is 14.0 Å². The minimum Gasteiger partial charge on any atom is -0.305 e. The van der Waals surface area contributed by atoms with E-state index in [1.165, 1.54) is 23.9 Å². The van der Waals surface area contributed by atoms with E-state index in [9.17, 15) is 14.0 Å². The SMILES string of the molecule is CC1(C)CN(C(=O)Nc2ccccc2F)[C@]2(S1)C(=O)N(Cc1ccccc1)c1ccccc12. The zero-order valence-corrected chi connectivity index (χ0v) is 19.2. The highest BCUT2D eigenvalue weighted by Gasteiger charge is 2.63. The first-order valence-corrected chi connectivity index (χ1v) is 11.6. The highest BCUT2D eigenvalue weighted by Crippen LogP contribution is 2.59. The maximum atomic E-state index is 14.3. The molecule has 1 saturated heterocycles. The maximum absolute atomic E-state index is 14.3. The van der Waals surface area contributed by atoms with Crippen molar-refractivity contribution in [3.05, 3.63) is 95.8 Å². The Labute approximate surface area is 196 Å². The fraction of sp³-hybridized carbons (Fsp3) is 0.231. The van der Waals surface area contributed by atoms with E-state index < -0.39 is 16.7 Å². The first-order chi connectivity index (χ1) is 15.8. The van der Waals surface area contributed by atoms with Crippen LogP contribution in [-0.2, 0) is 16.2 Å². The van der Waals surface area contributed by atoms with E-state index in [2.05, 4.69) is 5.32 Å². The molecule has 33 heavy (non-hydrogen) atoms. The van der Waals surface area contributed by atoms with Crippen LogP contribution in [0.4, 0.5) is 20.6 Å². The average molecular weight is 462 g/mol. The third kappa shape index (κ3) is 3.56. The number of rotatable bonds is 3. The summed E-state index contributed by atoms with van der Waals surface area (Å²) in [6.45, 7) is 4.79. The Balaban J connectivity index is 1.57. The lowest BCUT2D eigenvalue weighted by Gasteiger charge is -2.33. The molecule has 0 aromatic heterocycles. The molecule has 1 fully saturated rings. The Morgan fingerprint density at radius 2 is 1.67 bits per heavy atom. The van der Waals surface area contributed by atoms with Crippen LogP contribution in [0, 0.1) is 5.82 Å². The van der Waals surface area contributed by atoms with Gasteiger partial charge in [-0.15, -0.1) is 11.8 Å². The monoisotopic (exact) mass is 461 g/mol. The molecule has 3 aromatic rings. The number of halogens is 1. The number of fused-ring (bicyclic) bond motifs is 2. The molecule has 2 aliphatic rings. The van der Waals surface area contributed by atoms with Gasteiger partial charge in [0.1, 0.15) is 5.82 Å². The zero-order chi connectivity index (χ0) is 23.2. The van der Waals surface area contributed by atoms with Gasteiger partial charge >= 0.3 is 6.03 Å². The highest BCUT2D eigenvalue weighted by molar-refractivity contribution is 8.02. The van der Waals surface area contributed by atoms with Gasteiger partial charge in [0.25, 0.3) is 5.91 Å². The van der Waals surface area contributed by atoms with E-state index in [1.54, 1.807) is 21.9 Å². The fourth-order valence-corrected chi connectivity index (χ4v) is 6.36. The molecule has 168 valence electrons. The van der Waals surface area contributed by atoms with Crippen molar-refractivity contribution in [1.29, 1.82) is 0 Å². The van der Waals surface area contributed by atoms with Crippen molar-refractivity contribution in [2.45, 2.75) is 30.0 Å². The molecule has 0 unspecified atom stereocenters. The van der Waals surface area contributed by atoms with E-state index >= 15 is 0 Å². The van der Waals surface area contributed by atoms with Crippen molar-refractivity contribution in [2.24, 2.45) is 0 Å². The van der Waals surface area contributed by atoms with Crippen LogP contribution in [0.5, 0.6) is 0 Å². The number of carbonyl (C=O) groups excluding carboxylic acids is 2. The topological polar surface area (TPSA) is 52.7 Å². The third-order valence-electron chi connectivity index (χ3n) is 5.98. The van der Waals surface area contributed by atoms with E-state index in [-0.39, 0.29) is 16.3 Å². The summed E-state index contributed by atoms with van der Waals surface area (Å²) < 4.78 is 13.9. The number of hydrogen-bond donors (Lipinski definition) is 1. The van der Waals surface area contributed by atoms with Gasteiger partial charge in [0.05, 0.1) is 17.9 Å². The molecule has 0 saturated carbocycles. The molecular weight excluding hydrogens is 437 g/mol. The van der Waals surface area contributed by atoms with Gasteiger partial charge in [-0.1, -0.05) is 60.7 Å². The Morgan fingerprint density at radius 3 is 2.42 bits per heavy atom. The second-order valence-corrected chi connectivity index (χ2v) is 10.8. The minimum absolute atomic E-state index is 0.0900. The van der Waals surface area contributed by atoms with Crippen molar-refractivity contribution in [2.75, 3.05) is 16.8 Å². The molecule has 3 aromatic carbocycles. The van der Waals surface area contributed by atoms with Gasteiger partial charge in [0.2, 0.25) is 0 Å². The van der Waals surface area contributed by atoms with Crippen molar-refractivity contribution in [3.8, 4) is 0 Å². The van der Waals surface area contributed by atoms with E-state index in [0.717, 1.165) is 16.8 Å². The number of urea groups is 1. The van der Waals surface area contributed by atoms with Gasteiger partial charge in [-0.25, -0.2) is 9.18 Å². The number of nitrogens with one attached hydrogen (secondary N) is 1. The number of anilines is 2. The van der Waals surface area contributed by atoms with Crippen LogP contribution in [0.25, 0.3) is 0 Å². The predicted molar refractivity (Wildman–Crippen MR) is 130 cm³/mol. The standard InChI is InChI=1S/C26H24FN3O2S/c1-25(2)17-30(24(32)28-21-14-8-7-13-20(21)27)26(33-25)19-12-6-9-15-22(19)29(23(26)31)16-18-10-4-3-5-11-18/h3-15H,16-17H2,1-2H3,(H,28,32)/t26-/m1/s1. The van der Waals surface area contributed by atoms with Crippen LogP contribution in [0.15, 0.2) is 78.9 Å². The summed E-state index contributed by atoms with van der Waals surface area (Å²) in [5.41, 5.74) is 2.67. The van der Waals surface area contributed by atoms with Crippen LogP contribution in [0.2, 0.25) is 0 Å². The second kappa shape index (κ2) is 7.92. The molecule has 5 nitrogen and oxygen atoms in total. The quantitative estimate of drug-likeness (QED) is 0.554. The molecule has 1 spiro atoms.